The standard InChI is InChI=1S/2C16H14F2N3O4S.Mg/c2*1-23-13-5-6-19-12(14(13)24-2)8-26(22)16-20-10-4-3-9(25-15(17)18)7-11(10)21-16;/h2*3-7,15H,8H2,1-2H3;/q2*-1;+2/t2*26-;/m00./s1. The first-order valence-electron chi connectivity index (χ1n) is 14.7. The minimum atomic E-state index is -2.93. The van der Waals surface area contributed by atoms with E-state index in [1.165, 1.54) is 77.2 Å². The molecule has 2 atom stereocenters. The second-order valence-electron chi connectivity index (χ2n) is 10.0. The first kappa shape index (κ1) is 41.0. The largest absolute Gasteiger partial charge is 2.00 e. The van der Waals surface area contributed by atoms with E-state index in [0.29, 0.717) is 56.5 Å². The fourth-order valence-corrected chi connectivity index (χ4v) is 6.64. The van der Waals surface area contributed by atoms with E-state index in [-0.39, 0.29) is 56.4 Å². The van der Waals surface area contributed by atoms with Gasteiger partial charge in [-0.1, -0.05) is 12.1 Å². The summed E-state index contributed by atoms with van der Waals surface area (Å²) in [6, 6.07) is 11.5. The van der Waals surface area contributed by atoms with E-state index in [1.54, 1.807) is 12.1 Å². The Kier molecular flexibility index (Phi) is 14.6. The topological polar surface area (TPSA) is 169 Å². The Bertz CT molecular complexity index is 2060. The molecule has 0 saturated heterocycles. The van der Waals surface area contributed by atoms with Gasteiger partial charge < -0.3 is 48.4 Å². The zero-order valence-electron chi connectivity index (χ0n) is 28.3. The van der Waals surface area contributed by atoms with Gasteiger partial charge in [0.2, 0.25) is 0 Å². The summed E-state index contributed by atoms with van der Waals surface area (Å²) >= 11 is 0. The van der Waals surface area contributed by atoms with Gasteiger partial charge in [-0.3, -0.25) is 18.4 Å². The van der Waals surface area contributed by atoms with Crippen molar-refractivity contribution in [2.45, 2.75) is 35.0 Å². The zero-order valence-corrected chi connectivity index (χ0v) is 31.4. The Labute approximate surface area is 320 Å². The number of benzene rings is 2. The van der Waals surface area contributed by atoms with Gasteiger partial charge in [-0.25, -0.2) is 0 Å². The molecule has 0 fully saturated rings. The summed E-state index contributed by atoms with van der Waals surface area (Å²) in [7, 11) is 2.67. The smallest absolute Gasteiger partial charge is 0.493 e. The van der Waals surface area contributed by atoms with Gasteiger partial charge in [0.25, 0.3) is 0 Å². The van der Waals surface area contributed by atoms with Crippen molar-refractivity contribution in [3.8, 4) is 34.5 Å². The van der Waals surface area contributed by atoms with E-state index in [2.05, 4.69) is 39.4 Å². The number of imidazole rings is 2. The summed E-state index contributed by atoms with van der Waals surface area (Å²) in [5.41, 5.74) is 2.36. The van der Waals surface area contributed by atoms with Gasteiger partial charge in [-0.2, -0.15) is 17.6 Å². The van der Waals surface area contributed by atoms with Crippen LogP contribution in [-0.4, -0.2) is 93.1 Å². The molecule has 0 spiro atoms. The first-order valence-corrected chi connectivity index (χ1v) is 17.3. The number of hydrogen-bond acceptors (Lipinski definition) is 12. The van der Waals surface area contributed by atoms with Gasteiger partial charge in [0.1, 0.15) is 11.5 Å². The van der Waals surface area contributed by atoms with Crippen LogP contribution < -0.4 is 38.4 Å². The van der Waals surface area contributed by atoms with E-state index in [4.69, 9.17) is 18.9 Å². The maximum atomic E-state index is 12.6. The third kappa shape index (κ3) is 10.2. The number of alkyl halides is 4. The molecule has 0 bridgehead atoms. The molecule has 0 aliphatic heterocycles. The van der Waals surface area contributed by atoms with Crippen LogP contribution in [-0.2, 0) is 33.1 Å². The van der Waals surface area contributed by atoms with Gasteiger partial charge in [-0.05, 0) is 46.3 Å². The first-order chi connectivity index (χ1) is 25.0. The molecule has 0 aliphatic rings. The maximum Gasteiger partial charge on any atom is 2.00 e. The van der Waals surface area contributed by atoms with E-state index in [9.17, 15) is 26.0 Å². The molecule has 21 heteroatoms. The Morgan fingerprint density at radius 2 is 1.02 bits per heavy atom. The maximum absolute atomic E-state index is 12.6. The van der Waals surface area contributed by atoms with E-state index in [1.807, 2.05) is 0 Å². The average molecular weight is 789 g/mol. The van der Waals surface area contributed by atoms with Crippen LogP contribution in [0.2, 0.25) is 0 Å². The fraction of sp³-hybridized carbons (Fsp3) is 0.250. The number of halogens is 4. The number of hydrogen-bond donors (Lipinski definition) is 0. The zero-order chi connectivity index (χ0) is 37.4. The Morgan fingerprint density at radius 3 is 1.36 bits per heavy atom. The van der Waals surface area contributed by atoms with E-state index in [0.717, 1.165) is 0 Å². The minimum Gasteiger partial charge on any atom is -0.493 e. The summed E-state index contributed by atoms with van der Waals surface area (Å²) in [6.07, 6.45) is 3.04. The van der Waals surface area contributed by atoms with Crippen molar-refractivity contribution < 1.29 is 54.4 Å². The van der Waals surface area contributed by atoms with Crippen molar-refractivity contribution in [1.29, 1.82) is 0 Å². The summed E-state index contributed by atoms with van der Waals surface area (Å²) in [5, 5.41) is 0.140. The van der Waals surface area contributed by atoms with Crippen LogP contribution in [0.4, 0.5) is 17.6 Å². The molecule has 0 saturated carbocycles. The van der Waals surface area contributed by atoms with Crippen molar-refractivity contribution in [1.82, 2.24) is 29.9 Å². The molecule has 6 rings (SSSR count). The van der Waals surface area contributed by atoms with Crippen molar-refractivity contribution in [3.05, 3.63) is 72.3 Å². The molecule has 2 aromatic carbocycles. The fourth-order valence-electron chi connectivity index (χ4n) is 4.68. The van der Waals surface area contributed by atoms with E-state index >= 15 is 0 Å². The van der Waals surface area contributed by atoms with Crippen LogP contribution >= 0.6 is 0 Å². The van der Waals surface area contributed by atoms with E-state index < -0.39 is 34.8 Å². The number of aromatic nitrogens is 6. The molecule has 276 valence electrons. The minimum absolute atomic E-state index is 0. The second-order valence-corrected chi connectivity index (χ2v) is 12.7. The molecule has 0 radical (unpaired) electrons. The number of pyridine rings is 2. The predicted octanol–water partition coefficient (Wildman–Crippen LogP) is 4.65. The van der Waals surface area contributed by atoms with Crippen LogP contribution in [0, 0.1) is 0 Å². The summed E-state index contributed by atoms with van der Waals surface area (Å²) < 4.78 is 104. The van der Waals surface area contributed by atoms with Gasteiger partial charge in [0.05, 0.1) is 72.9 Å². The Morgan fingerprint density at radius 1 is 0.623 bits per heavy atom. The third-order valence-electron chi connectivity index (χ3n) is 6.88. The molecule has 0 unspecified atom stereocenters. The molecule has 0 N–H and O–H groups in total. The monoisotopic (exact) mass is 788 g/mol. The number of nitrogens with zero attached hydrogens (tertiary/aromatic N) is 6. The van der Waals surface area contributed by atoms with Gasteiger partial charge in [0, 0.05) is 34.8 Å². The van der Waals surface area contributed by atoms with Crippen molar-refractivity contribution >= 4 is 66.7 Å². The molecular weight excluding hydrogens is 761 g/mol. The predicted molar refractivity (Wildman–Crippen MR) is 184 cm³/mol. The average Bonchev–Trinajstić information content (AvgIpc) is 3.75. The Hall–Kier alpha value is -4.73. The van der Waals surface area contributed by atoms with Crippen LogP contribution in [0.5, 0.6) is 34.5 Å². The molecule has 14 nitrogen and oxygen atoms in total. The van der Waals surface area contributed by atoms with Crippen LogP contribution in [0.15, 0.2) is 71.2 Å². The number of rotatable bonds is 14. The van der Waals surface area contributed by atoms with Crippen molar-refractivity contribution in [3.63, 3.8) is 0 Å². The molecule has 53 heavy (non-hydrogen) atoms. The SMILES string of the molecule is COc1ccnc(C[S@](=O)c2nc3cc(OC(F)F)ccc3[n-]2)c1OC.COc1ccnc(C[S@](=O)c2nc3cc(OC(F)F)ccc3[n-]2)c1OC.[Mg+2]. The summed E-state index contributed by atoms with van der Waals surface area (Å²) in [6.45, 7) is -5.87. The number of methoxy groups -OCH3 is 4. The second kappa shape index (κ2) is 18.8. The third-order valence-corrected chi connectivity index (χ3v) is 9.13. The van der Waals surface area contributed by atoms with Crippen molar-refractivity contribution in [2.24, 2.45) is 0 Å². The molecule has 0 amide bonds. The molecule has 4 heterocycles. The molecular formula is C32H28F4MgN6O8S2. The molecule has 6 aromatic rings. The van der Waals surface area contributed by atoms with Gasteiger partial charge in [0.15, 0.2) is 23.0 Å². The van der Waals surface area contributed by atoms with Crippen LogP contribution in [0.3, 0.4) is 0 Å². The molecule has 4 aromatic heterocycles. The normalized spacial score (nSPS) is 12.1. The summed E-state index contributed by atoms with van der Waals surface area (Å²) in [4.78, 5) is 25.0. The van der Waals surface area contributed by atoms with Gasteiger partial charge in [-0.15, -0.1) is 0 Å². The number of ether oxygens (including phenoxy) is 6. The van der Waals surface area contributed by atoms with Crippen molar-refractivity contribution in [2.75, 3.05) is 28.4 Å². The Balaban J connectivity index is 0.000000232. The van der Waals surface area contributed by atoms with Gasteiger partial charge >= 0.3 is 36.3 Å². The van der Waals surface area contributed by atoms with Crippen LogP contribution in [0.1, 0.15) is 11.4 Å². The van der Waals surface area contributed by atoms with Crippen LogP contribution in [0.25, 0.3) is 22.1 Å². The molecule has 0 aliphatic carbocycles. The number of fused-ring (bicyclic) bond motifs is 2. The summed E-state index contributed by atoms with van der Waals surface area (Å²) in [5.74, 6) is 1.64. The quantitative estimate of drug-likeness (QED) is 0.110.